The van der Waals surface area contributed by atoms with Crippen molar-refractivity contribution in [2.24, 2.45) is 0 Å². The van der Waals surface area contributed by atoms with E-state index in [0.717, 1.165) is 19.4 Å². The molecule has 1 aliphatic rings. The fourth-order valence-corrected chi connectivity index (χ4v) is 2.75. The first-order chi connectivity index (χ1) is 15.6. The van der Waals surface area contributed by atoms with Crippen LogP contribution in [0.3, 0.4) is 0 Å². The van der Waals surface area contributed by atoms with Crippen molar-refractivity contribution in [2.75, 3.05) is 66.0 Å². The van der Waals surface area contributed by atoms with Crippen molar-refractivity contribution in [3.05, 3.63) is 0 Å². The lowest BCUT2D eigenvalue weighted by Gasteiger charge is -2.33. The summed E-state index contributed by atoms with van der Waals surface area (Å²) in [5.74, 6) is -5.51. The van der Waals surface area contributed by atoms with Crippen LogP contribution in [0.5, 0.6) is 0 Å². The molecule has 0 aromatic carbocycles. The highest BCUT2D eigenvalue weighted by Gasteiger charge is 2.38. The quantitative estimate of drug-likeness (QED) is 0.286. The number of aliphatic hydroxyl groups excluding tert-OH is 1. The van der Waals surface area contributed by atoms with Crippen LogP contribution < -0.4 is 0 Å². The zero-order chi connectivity index (χ0) is 26.8. The zero-order valence-corrected chi connectivity index (χ0v) is 19.7. The number of alkyl halides is 6. The first-order valence-electron chi connectivity index (χ1n) is 11.0. The van der Waals surface area contributed by atoms with Crippen molar-refractivity contribution in [2.45, 2.75) is 51.4 Å². The summed E-state index contributed by atoms with van der Waals surface area (Å²) in [7, 11) is 2.21. The number of carboxylic acids is 2. The molecule has 1 heterocycles. The van der Waals surface area contributed by atoms with Gasteiger partial charge in [-0.1, -0.05) is 13.3 Å². The summed E-state index contributed by atoms with van der Waals surface area (Å²) in [5, 5.41) is 23.1. The van der Waals surface area contributed by atoms with Crippen LogP contribution in [0.25, 0.3) is 0 Å². The third-order valence-electron chi connectivity index (χ3n) is 4.74. The SMILES string of the molecule is CCCCN(CCCCO)CCCN1CCN(C)CC1.O=C(O)C(F)(F)F.O=C(O)C(F)(F)F. The van der Waals surface area contributed by atoms with E-state index in [9.17, 15) is 26.3 Å². The van der Waals surface area contributed by atoms with Gasteiger partial charge in [0.2, 0.25) is 0 Å². The summed E-state index contributed by atoms with van der Waals surface area (Å²) < 4.78 is 63.5. The van der Waals surface area contributed by atoms with Crippen LogP contribution in [-0.2, 0) is 9.59 Å². The predicted octanol–water partition coefficient (Wildman–Crippen LogP) is 2.77. The number of unbranched alkanes of at least 4 members (excludes halogenated alkanes) is 2. The average molecular weight is 514 g/mol. The molecule has 0 radical (unpaired) electrons. The minimum Gasteiger partial charge on any atom is -0.475 e. The number of hydrogen-bond acceptors (Lipinski definition) is 6. The Morgan fingerprint density at radius 3 is 1.59 bits per heavy atom. The monoisotopic (exact) mass is 513 g/mol. The minimum absolute atomic E-state index is 0.336. The maximum atomic E-state index is 10.6. The molecule has 0 amide bonds. The molecular weight excluding hydrogens is 476 g/mol. The number of hydrogen-bond donors (Lipinski definition) is 3. The molecule has 204 valence electrons. The smallest absolute Gasteiger partial charge is 0.475 e. The van der Waals surface area contributed by atoms with Crippen LogP contribution >= 0.6 is 0 Å². The summed E-state index contributed by atoms with van der Waals surface area (Å²) in [6, 6.07) is 0. The number of rotatable bonds is 11. The molecule has 0 aromatic rings. The number of carbonyl (C=O) groups is 2. The summed E-state index contributed by atoms with van der Waals surface area (Å²) in [5.41, 5.74) is 0. The number of halogens is 6. The summed E-state index contributed by atoms with van der Waals surface area (Å²) in [6.07, 6.45) is -4.23. The van der Waals surface area contributed by atoms with Gasteiger partial charge in [-0.3, -0.25) is 0 Å². The van der Waals surface area contributed by atoms with E-state index in [1.807, 2.05) is 0 Å². The summed E-state index contributed by atoms with van der Waals surface area (Å²) >= 11 is 0. The Kier molecular flexibility index (Phi) is 18.9. The highest BCUT2D eigenvalue weighted by atomic mass is 19.4. The van der Waals surface area contributed by atoms with Crippen LogP contribution in [0.2, 0.25) is 0 Å². The second kappa shape index (κ2) is 18.7. The van der Waals surface area contributed by atoms with E-state index in [0.29, 0.717) is 6.61 Å². The molecule has 8 nitrogen and oxygen atoms in total. The van der Waals surface area contributed by atoms with Crippen molar-refractivity contribution in [3.8, 4) is 0 Å². The first kappa shape index (κ1) is 34.5. The lowest BCUT2D eigenvalue weighted by Crippen LogP contribution is -2.45. The van der Waals surface area contributed by atoms with Gasteiger partial charge in [-0.05, 0) is 58.9 Å². The molecule has 3 N–H and O–H groups in total. The van der Waals surface area contributed by atoms with Crippen molar-refractivity contribution in [1.82, 2.24) is 14.7 Å². The fourth-order valence-electron chi connectivity index (χ4n) is 2.75. The van der Waals surface area contributed by atoms with Crippen LogP contribution in [0.4, 0.5) is 26.3 Å². The van der Waals surface area contributed by atoms with E-state index in [4.69, 9.17) is 24.9 Å². The zero-order valence-electron chi connectivity index (χ0n) is 19.7. The summed E-state index contributed by atoms with van der Waals surface area (Å²) in [6.45, 7) is 12.3. The largest absolute Gasteiger partial charge is 0.490 e. The Morgan fingerprint density at radius 1 is 0.794 bits per heavy atom. The fraction of sp³-hybridized carbons (Fsp3) is 0.900. The van der Waals surface area contributed by atoms with E-state index in [1.54, 1.807) is 0 Å². The lowest BCUT2D eigenvalue weighted by molar-refractivity contribution is -0.193. The molecule has 0 aromatic heterocycles. The molecule has 34 heavy (non-hydrogen) atoms. The second-order valence-corrected chi connectivity index (χ2v) is 7.73. The Balaban J connectivity index is 0. The predicted molar refractivity (Wildman–Crippen MR) is 114 cm³/mol. The van der Waals surface area contributed by atoms with Gasteiger partial charge in [0.1, 0.15) is 0 Å². The minimum atomic E-state index is -5.08. The molecular formula is C20H37F6N3O5. The number of piperazine rings is 1. The highest BCUT2D eigenvalue weighted by molar-refractivity contribution is 5.73. The molecule has 0 spiro atoms. The van der Waals surface area contributed by atoms with E-state index < -0.39 is 24.3 Å². The van der Waals surface area contributed by atoms with Gasteiger partial charge in [0.05, 0.1) is 0 Å². The molecule has 0 atom stereocenters. The normalized spacial score (nSPS) is 15.2. The Morgan fingerprint density at radius 2 is 1.21 bits per heavy atom. The Hall–Kier alpha value is -1.64. The molecule has 0 bridgehead atoms. The maximum absolute atomic E-state index is 10.6. The van der Waals surface area contributed by atoms with Gasteiger partial charge in [-0.15, -0.1) is 0 Å². The van der Waals surface area contributed by atoms with Crippen molar-refractivity contribution in [3.63, 3.8) is 0 Å². The van der Waals surface area contributed by atoms with E-state index in [1.165, 1.54) is 65.1 Å². The number of aliphatic carboxylic acids is 2. The van der Waals surface area contributed by atoms with E-state index in [-0.39, 0.29) is 0 Å². The van der Waals surface area contributed by atoms with E-state index >= 15 is 0 Å². The molecule has 1 saturated heterocycles. The standard InChI is InChI=1S/C16H35N3O.2C2HF3O2/c1-3-4-8-18(9-5-6-16-20)10-7-11-19-14-12-17(2)13-15-19;2*3-2(4,5)1(6)7/h20H,3-16H2,1-2H3;2*(H,6,7). The summed E-state index contributed by atoms with van der Waals surface area (Å²) in [4.78, 5) is 25.4. The van der Waals surface area contributed by atoms with Gasteiger partial charge < -0.3 is 30.0 Å². The highest BCUT2D eigenvalue weighted by Crippen LogP contribution is 2.13. The third-order valence-corrected chi connectivity index (χ3v) is 4.74. The van der Waals surface area contributed by atoms with Gasteiger partial charge in [0.15, 0.2) is 0 Å². The van der Waals surface area contributed by atoms with Gasteiger partial charge in [0, 0.05) is 32.8 Å². The molecule has 1 rings (SSSR count). The average Bonchev–Trinajstić information content (AvgIpc) is 2.72. The van der Waals surface area contributed by atoms with Crippen LogP contribution in [0, 0.1) is 0 Å². The van der Waals surface area contributed by atoms with Crippen LogP contribution in [-0.4, -0.2) is 120 Å². The van der Waals surface area contributed by atoms with Gasteiger partial charge in [-0.25, -0.2) is 9.59 Å². The third kappa shape index (κ3) is 20.9. The molecule has 1 fully saturated rings. The first-order valence-corrected chi connectivity index (χ1v) is 11.0. The molecule has 14 heteroatoms. The van der Waals surface area contributed by atoms with Crippen molar-refractivity contribution >= 4 is 11.9 Å². The topological polar surface area (TPSA) is 105 Å². The number of nitrogens with zero attached hydrogens (tertiary/aromatic N) is 3. The Labute approximate surface area is 196 Å². The van der Waals surface area contributed by atoms with Gasteiger partial charge in [0.25, 0.3) is 0 Å². The number of carboxylic acid groups (broad SMARTS) is 2. The van der Waals surface area contributed by atoms with Gasteiger partial charge >= 0.3 is 24.3 Å². The maximum Gasteiger partial charge on any atom is 0.490 e. The van der Waals surface area contributed by atoms with Crippen molar-refractivity contribution < 1.29 is 51.3 Å². The van der Waals surface area contributed by atoms with Crippen LogP contribution in [0.15, 0.2) is 0 Å². The Bertz CT molecular complexity index is 518. The van der Waals surface area contributed by atoms with Gasteiger partial charge in [-0.2, -0.15) is 26.3 Å². The molecule has 0 aliphatic carbocycles. The lowest BCUT2D eigenvalue weighted by atomic mass is 10.2. The van der Waals surface area contributed by atoms with E-state index in [2.05, 4.69) is 28.7 Å². The number of aliphatic hydroxyl groups is 1. The van der Waals surface area contributed by atoms with Crippen LogP contribution in [0.1, 0.15) is 39.0 Å². The second-order valence-electron chi connectivity index (χ2n) is 7.73. The number of likely N-dealkylation sites (N-methyl/N-ethyl adjacent to an activating group) is 1. The van der Waals surface area contributed by atoms with Crippen molar-refractivity contribution in [1.29, 1.82) is 0 Å². The molecule has 1 aliphatic heterocycles. The molecule has 0 saturated carbocycles. The molecule has 0 unspecified atom stereocenters.